The SMILES string of the molecule is Cc1cc(CC(C)N)cnc1N(C)C1CCSC1. The molecule has 1 aliphatic heterocycles. The number of hydrogen-bond donors (Lipinski definition) is 1. The van der Waals surface area contributed by atoms with Crippen LogP contribution in [0.5, 0.6) is 0 Å². The van der Waals surface area contributed by atoms with Gasteiger partial charge >= 0.3 is 0 Å². The lowest BCUT2D eigenvalue weighted by Crippen LogP contribution is -2.32. The van der Waals surface area contributed by atoms with Crippen molar-refractivity contribution in [1.29, 1.82) is 0 Å². The monoisotopic (exact) mass is 265 g/mol. The van der Waals surface area contributed by atoms with E-state index in [0.717, 1.165) is 12.2 Å². The van der Waals surface area contributed by atoms with Gasteiger partial charge in [-0.25, -0.2) is 4.98 Å². The zero-order valence-electron chi connectivity index (χ0n) is 11.5. The molecule has 0 aliphatic carbocycles. The van der Waals surface area contributed by atoms with Crippen molar-refractivity contribution in [3.05, 3.63) is 23.4 Å². The Morgan fingerprint density at radius 2 is 2.39 bits per heavy atom. The standard InChI is InChI=1S/C14H23N3S/c1-10-6-12(7-11(2)15)8-16-14(10)17(3)13-4-5-18-9-13/h6,8,11,13H,4-5,7,9,15H2,1-3H3. The number of aryl methyl sites for hydroxylation is 1. The number of nitrogens with two attached hydrogens (primary N) is 1. The summed E-state index contributed by atoms with van der Waals surface area (Å²) in [6, 6.07) is 3.06. The predicted molar refractivity (Wildman–Crippen MR) is 80.5 cm³/mol. The number of nitrogens with zero attached hydrogens (tertiary/aromatic N) is 2. The Morgan fingerprint density at radius 3 is 2.94 bits per heavy atom. The van der Waals surface area contributed by atoms with Gasteiger partial charge in [-0.3, -0.25) is 0 Å². The molecule has 1 aliphatic rings. The second kappa shape index (κ2) is 5.93. The number of anilines is 1. The topological polar surface area (TPSA) is 42.1 Å². The summed E-state index contributed by atoms with van der Waals surface area (Å²) in [6.45, 7) is 4.18. The summed E-state index contributed by atoms with van der Waals surface area (Å²) < 4.78 is 0. The van der Waals surface area contributed by atoms with E-state index in [9.17, 15) is 0 Å². The van der Waals surface area contributed by atoms with Gasteiger partial charge in [0.15, 0.2) is 0 Å². The minimum Gasteiger partial charge on any atom is -0.356 e. The van der Waals surface area contributed by atoms with Crippen LogP contribution in [0.4, 0.5) is 5.82 Å². The molecule has 4 heteroatoms. The van der Waals surface area contributed by atoms with E-state index in [1.165, 1.54) is 29.1 Å². The highest BCUT2D eigenvalue weighted by molar-refractivity contribution is 7.99. The van der Waals surface area contributed by atoms with Crippen molar-refractivity contribution in [3.8, 4) is 0 Å². The van der Waals surface area contributed by atoms with Gasteiger partial charge in [-0.15, -0.1) is 0 Å². The van der Waals surface area contributed by atoms with Crippen LogP contribution in [0.2, 0.25) is 0 Å². The van der Waals surface area contributed by atoms with Gasteiger partial charge in [-0.2, -0.15) is 11.8 Å². The summed E-state index contributed by atoms with van der Waals surface area (Å²) in [4.78, 5) is 6.98. The normalized spacial score (nSPS) is 21.0. The van der Waals surface area contributed by atoms with Crippen molar-refractivity contribution < 1.29 is 0 Å². The maximum Gasteiger partial charge on any atom is 0.131 e. The lowest BCUT2D eigenvalue weighted by atomic mass is 10.1. The van der Waals surface area contributed by atoms with E-state index in [-0.39, 0.29) is 6.04 Å². The molecule has 18 heavy (non-hydrogen) atoms. The average Bonchev–Trinajstić information content (AvgIpc) is 2.80. The summed E-state index contributed by atoms with van der Waals surface area (Å²) in [6.07, 6.45) is 4.14. The van der Waals surface area contributed by atoms with Crippen molar-refractivity contribution in [1.82, 2.24) is 4.98 Å². The van der Waals surface area contributed by atoms with Gasteiger partial charge in [0.05, 0.1) is 0 Å². The molecular weight excluding hydrogens is 242 g/mol. The highest BCUT2D eigenvalue weighted by Gasteiger charge is 2.22. The lowest BCUT2D eigenvalue weighted by Gasteiger charge is -2.26. The maximum absolute atomic E-state index is 5.83. The predicted octanol–water partition coefficient (Wildman–Crippen LogP) is 2.22. The number of rotatable bonds is 4. The van der Waals surface area contributed by atoms with Crippen LogP contribution in [0.15, 0.2) is 12.3 Å². The third-order valence-electron chi connectivity index (χ3n) is 3.45. The molecule has 1 aromatic rings. The fourth-order valence-corrected chi connectivity index (χ4v) is 3.75. The largest absolute Gasteiger partial charge is 0.356 e. The molecule has 0 bridgehead atoms. The molecule has 1 saturated heterocycles. The average molecular weight is 265 g/mol. The molecule has 2 atom stereocenters. The highest BCUT2D eigenvalue weighted by Crippen LogP contribution is 2.26. The zero-order chi connectivity index (χ0) is 13.1. The van der Waals surface area contributed by atoms with Gasteiger partial charge in [0.25, 0.3) is 0 Å². The van der Waals surface area contributed by atoms with Gasteiger partial charge in [0.1, 0.15) is 5.82 Å². The number of pyridine rings is 1. The van der Waals surface area contributed by atoms with Crippen molar-refractivity contribution in [3.63, 3.8) is 0 Å². The molecule has 2 N–H and O–H groups in total. The van der Waals surface area contributed by atoms with Gasteiger partial charge in [0, 0.05) is 31.1 Å². The first-order chi connectivity index (χ1) is 8.58. The quantitative estimate of drug-likeness (QED) is 0.906. The smallest absolute Gasteiger partial charge is 0.131 e. The summed E-state index contributed by atoms with van der Waals surface area (Å²) in [7, 11) is 2.16. The van der Waals surface area contributed by atoms with Crippen molar-refractivity contribution >= 4 is 17.6 Å². The Bertz CT molecular complexity index is 400. The number of hydrogen-bond acceptors (Lipinski definition) is 4. The van der Waals surface area contributed by atoms with Crippen molar-refractivity contribution in [2.45, 2.75) is 38.8 Å². The van der Waals surface area contributed by atoms with Gasteiger partial charge in [0.2, 0.25) is 0 Å². The molecule has 0 aromatic carbocycles. The van der Waals surface area contributed by atoms with Crippen LogP contribution in [0.25, 0.3) is 0 Å². The summed E-state index contributed by atoms with van der Waals surface area (Å²) in [5.41, 5.74) is 8.32. The van der Waals surface area contributed by atoms with Crippen LogP contribution in [0.3, 0.4) is 0 Å². The Labute approximate surface area is 114 Å². The Kier molecular flexibility index (Phi) is 4.51. The molecule has 2 rings (SSSR count). The van der Waals surface area contributed by atoms with E-state index < -0.39 is 0 Å². The molecular formula is C14H23N3S. The van der Waals surface area contributed by atoms with Gasteiger partial charge in [-0.1, -0.05) is 6.07 Å². The van der Waals surface area contributed by atoms with E-state index in [0.29, 0.717) is 6.04 Å². The molecule has 1 fully saturated rings. The minimum atomic E-state index is 0.195. The van der Waals surface area contributed by atoms with Gasteiger partial charge < -0.3 is 10.6 Å². The lowest BCUT2D eigenvalue weighted by molar-refractivity contribution is 0.687. The van der Waals surface area contributed by atoms with Crippen LogP contribution >= 0.6 is 11.8 Å². The summed E-state index contributed by atoms with van der Waals surface area (Å²) in [5, 5.41) is 0. The Hall–Kier alpha value is -0.740. The maximum atomic E-state index is 5.83. The molecule has 100 valence electrons. The van der Waals surface area contributed by atoms with E-state index in [4.69, 9.17) is 5.73 Å². The third kappa shape index (κ3) is 3.18. The van der Waals surface area contributed by atoms with Crippen LogP contribution < -0.4 is 10.6 Å². The number of aromatic nitrogens is 1. The van der Waals surface area contributed by atoms with E-state index >= 15 is 0 Å². The molecule has 0 spiro atoms. The molecule has 2 unspecified atom stereocenters. The highest BCUT2D eigenvalue weighted by atomic mass is 32.2. The first-order valence-corrected chi connectivity index (χ1v) is 7.75. The second-order valence-electron chi connectivity index (χ2n) is 5.29. The van der Waals surface area contributed by atoms with Gasteiger partial charge in [-0.05, 0) is 43.6 Å². The molecule has 0 amide bonds. The minimum absolute atomic E-state index is 0.195. The Morgan fingerprint density at radius 1 is 1.61 bits per heavy atom. The van der Waals surface area contributed by atoms with Crippen molar-refractivity contribution in [2.75, 3.05) is 23.5 Å². The zero-order valence-corrected chi connectivity index (χ0v) is 12.3. The Balaban J connectivity index is 2.13. The fourth-order valence-electron chi connectivity index (χ4n) is 2.48. The first-order valence-electron chi connectivity index (χ1n) is 6.59. The van der Waals surface area contributed by atoms with Crippen LogP contribution in [0.1, 0.15) is 24.5 Å². The van der Waals surface area contributed by atoms with Crippen LogP contribution in [-0.4, -0.2) is 35.6 Å². The van der Waals surface area contributed by atoms with E-state index in [2.05, 4.69) is 29.9 Å². The second-order valence-corrected chi connectivity index (χ2v) is 6.44. The molecule has 3 nitrogen and oxygen atoms in total. The molecule has 1 aromatic heterocycles. The molecule has 0 saturated carbocycles. The van der Waals surface area contributed by atoms with Crippen LogP contribution in [-0.2, 0) is 6.42 Å². The third-order valence-corrected chi connectivity index (χ3v) is 4.60. The first kappa shape index (κ1) is 13.7. The van der Waals surface area contributed by atoms with Crippen molar-refractivity contribution in [2.24, 2.45) is 5.73 Å². The molecule has 2 heterocycles. The van der Waals surface area contributed by atoms with Crippen LogP contribution in [0, 0.1) is 6.92 Å². The summed E-state index contributed by atoms with van der Waals surface area (Å²) in [5.74, 6) is 3.62. The molecule has 0 radical (unpaired) electrons. The van der Waals surface area contributed by atoms with E-state index in [1.54, 1.807) is 0 Å². The number of thioether (sulfide) groups is 1. The van der Waals surface area contributed by atoms with E-state index in [1.807, 2.05) is 24.9 Å². The summed E-state index contributed by atoms with van der Waals surface area (Å²) >= 11 is 2.04. The fraction of sp³-hybridized carbons (Fsp3) is 0.643.